The van der Waals surface area contributed by atoms with E-state index in [-0.39, 0.29) is 11.2 Å². The first-order chi connectivity index (χ1) is 9.95. The van der Waals surface area contributed by atoms with Gasteiger partial charge in [0.1, 0.15) is 5.82 Å². The van der Waals surface area contributed by atoms with Gasteiger partial charge in [0.25, 0.3) is 0 Å². The Labute approximate surface area is 126 Å². The highest BCUT2D eigenvalue weighted by atomic mass is 79.9. The summed E-state index contributed by atoms with van der Waals surface area (Å²) in [5, 5.41) is 15.0. The summed E-state index contributed by atoms with van der Waals surface area (Å²) in [6.45, 7) is 1.65. The van der Waals surface area contributed by atoms with Gasteiger partial charge in [0, 0.05) is 0 Å². The van der Waals surface area contributed by atoms with Crippen molar-refractivity contribution < 1.29 is 18.8 Å². The fourth-order valence-corrected chi connectivity index (χ4v) is 2.26. The van der Waals surface area contributed by atoms with E-state index >= 15 is 0 Å². The van der Waals surface area contributed by atoms with E-state index in [1.54, 1.807) is 6.92 Å². The molecule has 1 heterocycles. The van der Waals surface area contributed by atoms with Crippen LogP contribution in [0.3, 0.4) is 0 Å². The quantitative estimate of drug-likeness (QED) is 0.477. The van der Waals surface area contributed by atoms with Crippen LogP contribution >= 0.6 is 15.9 Å². The number of nitrogens with zero attached hydrogens (tertiary/aromatic N) is 3. The zero-order chi connectivity index (χ0) is 15.6. The monoisotopic (exact) mass is 357 g/mol. The highest BCUT2D eigenvalue weighted by molar-refractivity contribution is 9.10. The molecule has 0 saturated carbocycles. The second kappa shape index (κ2) is 6.00. The van der Waals surface area contributed by atoms with Crippen molar-refractivity contribution in [3.05, 3.63) is 50.5 Å². The van der Waals surface area contributed by atoms with Crippen LogP contribution < -0.4 is 0 Å². The number of aromatic nitrogens is 2. The molecular weight excluding hydrogens is 349 g/mol. The summed E-state index contributed by atoms with van der Waals surface area (Å²) in [5.74, 6) is -1.35. The zero-order valence-electron chi connectivity index (χ0n) is 10.7. The van der Waals surface area contributed by atoms with Crippen molar-refractivity contribution in [3.8, 4) is 5.69 Å². The molecule has 0 radical (unpaired) electrons. The van der Waals surface area contributed by atoms with E-state index in [9.17, 15) is 19.3 Å². The summed E-state index contributed by atoms with van der Waals surface area (Å²) in [4.78, 5) is 22.1. The summed E-state index contributed by atoms with van der Waals surface area (Å²) in [7, 11) is 0. The summed E-state index contributed by atoms with van der Waals surface area (Å²) in [5.41, 5.74) is -0.558. The Morgan fingerprint density at radius 2 is 2.10 bits per heavy atom. The van der Waals surface area contributed by atoms with Gasteiger partial charge in [-0.15, -0.1) is 0 Å². The summed E-state index contributed by atoms with van der Waals surface area (Å²) in [6.07, 6.45) is 0. The molecule has 2 aromatic rings. The normalized spacial score (nSPS) is 10.4. The number of esters is 1. The van der Waals surface area contributed by atoms with Crippen LogP contribution in [0.1, 0.15) is 17.4 Å². The number of nitro groups is 1. The summed E-state index contributed by atoms with van der Waals surface area (Å²) in [6, 6.07) is 5.12. The number of ether oxygens (including phenoxy) is 1. The Morgan fingerprint density at radius 3 is 2.62 bits per heavy atom. The standard InChI is InChI=1S/C12H9BrFN3O4/c1-2-21-12(18)9-10(17(19)20)11(13)16(15-9)8-5-3-7(14)4-6-8/h3-6H,2H2,1H3. The van der Waals surface area contributed by atoms with Crippen molar-refractivity contribution in [1.29, 1.82) is 0 Å². The number of hydrogen-bond donors (Lipinski definition) is 0. The molecular formula is C12H9BrFN3O4. The fourth-order valence-electron chi connectivity index (χ4n) is 1.64. The molecule has 1 aromatic heterocycles. The molecule has 0 atom stereocenters. The van der Waals surface area contributed by atoms with Crippen LogP contribution in [0.2, 0.25) is 0 Å². The first kappa shape index (κ1) is 15.1. The first-order valence-electron chi connectivity index (χ1n) is 5.81. The van der Waals surface area contributed by atoms with Crippen LogP contribution in [-0.4, -0.2) is 27.3 Å². The molecule has 0 saturated heterocycles. The smallest absolute Gasteiger partial charge is 0.366 e. The first-order valence-corrected chi connectivity index (χ1v) is 6.61. The van der Waals surface area contributed by atoms with Crippen molar-refractivity contribution in [2.75, 3.05) is 6.61 Å². The predicted molar refractivity (Wildman–Crippen MR) is 73.8 cm³/mol. The molecule has 0 aliphatic rings. The third-order valence-electron chi connectivity index (χ3n) is 2.53. The van der Waals surface area contributed by atoms with Crippen molar-refractivity contribution >= 4 is 27.6 Å². The highest BCUT2D eigenvalue weighted by Crippen LogP contribution is 2.31. The number of carbonyl (C=O) groups is 1. The van der Waals surface area contributed by atoms with E-state index in [1.165, 1.54) is 24.3 Å². The topological polar surface area (TPSA) is 87.3 Å². The van der Waals surface area contributed by atoms with Gasteiger partial charge in [-0.05, 0) is 47.1 Å². The Kier molecular flexibility index (Phi) is 4.32. The van der Waals surface area contributed by atoms with Crippen molar-refractivity contribution in [2.24, 2.45) is 0 Å². The molecule has 0 fully saturated rings. The van der Waals surface area contributed by atoms with Crippen molar-refractivity contribution in [2.45, 2.75) is 6.92 Å². The number of carbonyl (C=O) groups excluding carboxylic acids is 1. The largest absolute Gasteiger partial charge is 0.461 e. The zero-order valence-corrected chi connectivity index (χ0v) is 12.3. The van der Waals surface area contributed by atoms with E-state index in [4.69, 9.17) is 4.74 Å². The maximum atomic E-state index is 12.9. The van der Waals surface area contributed by atoms with E-state index in [0.29, 0.717) is 5.69 Å². The molecule has 0 aliphatic heterocycles. The molecule has 21 heavy (non-hydrogen) atoms. The number of hydrogen-bond acceptors (Lipinski definition) is 5. The van der Waals surface area contributed by atoms with E-state index < -0.39 is 28.1 Å². The van der Waals surface area contributed by atoms with Crippen LogP contribution in [0.4, 0.5) is 10.1 Å². The van der Waals surface area contributed by atoms with E-state index in [1.807, 2.05) is 0 Å². The van der Waals surface area contributed by atoms with Crippen LogP contribution in [0.15, 0.2) is 28.9 Å². The molecule has 2 rings (SSSR count). The number of benzene rings is 1. The van der Waals surface area contributed by atoms with Crippen LogP contribution in [0, 0.1) is 15.9 Å². The van der Waals surface area contributed by atoms with Gasteiger partial charge in [0.15, 0.2) is 4.60 Å². The average Bonchev–Trinajstić information content (AvgIpc) is 2.78. The van der Waals surface area contributed by atoms with Gasteiger partial charge in [0.05, 0.1) is 17.2 Å². The van der Waals surface area contributed by atoms with Crippen molar-refractivity contribution in [1.82, 2.24) is 9.78 Å². The van der Waals surface area contributed by atoms with E-state index in [0.717, 1.165) is 4.68 Å². The SMILES string of the molecule is CCOC(=O)c1nn(-c2ccc(F)cc2)c(Br)c1[N+](=O)[O-]. The third kappa shape index (κ3) is 2.92. The molecule has 110 valence electrons. The van der Waals surface area contributed by atoms with Gasteiger partial charge >= 0.3 is 11.7 Å². The predicted octanol–water partition coefficient (Wildman–Crippen LogP) is 2.86. The molecule has 0 unspecified atom stereocenters. The Hall–Kier alpha value is -2.29. The van der Waals surface area contributed by atoms with Gasteiger partial charge in [-0.1, -0.05) is 0 Å². The number of rotatable bonds is 4. The molecule has 0 bridgehead atoms. The lowest BCUT2D eigenvalue weighted by molar-refractivity contribution is -0.386. The Bertz CT molecular complexity index is 699. The Balaban J connectivity index is 2.58. The molecule has 9 heteroatoms. The van der Waals surface area contributed by atoms with Gasteiger partial charge in [-0.2, -0.15) is 5.10 Å². The number of halogens is 2. The maximum Gasteiger partial charge on any atom is 0.366 e. The van der Waals surface area contributed by atoms with Gasteiger partial charge in [0.2, 0.25) is 5.69 Å². The molecule has 0 spiro atoms. The third-order valence-corrected chi connectivity index (χ3v) is 3.24. The second-order valence-corrected chi connectivity index (χ2v) is 4.60. The Morgan fingerprint density at radius 1 is 1.48 bits per heavy atom. The van der Waals surface area contributed by atoms with Gasteiger partial charge < -0.3 is 4.74 Å². The van der Waals surface area contributed by atoms with Crippen molar-refractivity contribution in [3.63, 3.8) is 0 Å². The van der Waals surface area contributed by atoms with Gasteiger partial charge in [-0.3, -0.25) is 10.1 Å². The molecule has 1 aromatic carbocycles. The lowest BCUT2D eigenvalue weighted by Gasteiger charge is -2.01. The molecule has 0 N–H and O–H groups in total. The van der Waals surface area contributed by atoms with E-state index in [2.05, 4.69) is 21.0 Å². The van der Waals surface area contributed by atoms with Crippen LogP contribution in [0.25, 0.3) is 5.69 Å². The second-order valence-electron chi connectivity index (χ2n) is 3.85. The fraction of sp³-hybridized carbons (Fsp3) is 0.167. The lowest BCUT2D eigenvalue weighted by Crippen LogP contribution is -2.08. The molecule has 7 nitrogen and oxygen atoms in total. The molecule has 0 aliphatic carbocycles. The maximum absolute atomic E-state index is 12.9. The van der Waals surface area contributed by atoms with Crippen LogP contribution in [-0.2, 0) is 4.74 Å². The summed E-state index contributed by atoms with van der Waals surface area (Å²) < 4.78 is 18.8. The minimum atomic E-state index is -0.897. The highest BCUT2D eigenvalue weighted by Gasteiger charge is 2.32. The minimum Gasteiger partial charge on any atom is -0.461 e. The van der Waals surface area contributed by atoms with Gasteiger partial charge in [-0.25, -0.2) is 13.9 Å². The average molecular weight is 358 g/mol. The van der Waals surface area contributed by atoms with Crippen LogP contribution in [0.5, 0.6) is 0 Å². The molecule has 0 amide bonds. The minimum absolute atomic E-state index is 0.0258. The summed E-state index contributed by atoms with van der Waals surface area (Å²) >= 11 is 3.03. The lowest BCUT2D eigenvalue weighted by atomic mass is 10.3.